The van der Waals surface area contributed by atoms with Gasteiger partial charge >= 0.3 is 17.9 Å². The van der Waals surface area contributed by atoms with E-state index in [4.69, 9.17) is 31.8 Å². The topological polar surface area (TPSA) is 168 Å². The number of hydrogen-bond donors (Lipinski definition) is 4. The van der Waals surface area contributed by atoms with E-state index in [0.29, 0.717) is 5.56 Å². The lowest BCUT2D eigenvalue weighted by molar-refractivity contribution is -0.155. The quantitative estimate of drug-likeness (QED) is 0.334. The van der Waals surface area contributed by atoms with Gasteiger partial charge in [-0.25, -0.2) is 4.79 Å². The Balaban J connectivity index is 2.61. The van der Waals surface area contributed by atoms with Crippen molar-refractivity contribution in [1.29, 1.82) is 0 Å². The Morgan fingerprint density at radius 3 is 2.00 bits per heavy atom. The zero-order valence-electron chi connectivity index (χ0n) is 15.6. The second kappa shape index (κ2) is 10.0. The van der Waals surface area contributed by atoms with Crippen LogP contribution in [0.15, 0.2) is 24.3 Å². The van der Waals surface area contributed by atoms with Crippen LogP contribution in [0.4, 0.5) is 0 Å². The van der Waals surface area contributed by atoms with Gasteiger partial charge in [0.15, 0.2) is 0 Å². The molecule has 150 valence electrons. The molecule has 0 heterocycles. The van der Waals surface area contributed by atoms with Crippen molar-refractivity contribution in [2.75, 3.05) is 0 Å². The number of esters is 2. The molecular formula is C18H27N3O6. The molecule has 9 heteroatoms. The maximum absolute atomic E-state index is 12.1. The minimum Gasteiger partial charge on any atom is -0.480 e. The van der Waals surface area contributed by atoms with E-state index in [0.717, 1.165) is 0 Å². The van der Waals surface area contributed by atoms with Crippen molar-refractivity contribution in [1.82, 2.24) is 0 Å². The van der Waals surface area contributed by atoms with Gasteiger partial charge in [-0.15, -0.1) is 0 Å². The molecular weight excluding hydrogens is 354 g/mol. The van der Waals surface area contributed by atoms with Gasteiger partial charge in [0.05, 0.1) is 0 Å². The highest BCUT2D eigenvalue weighted by Crippen LogP contribution is 2.15. The van der Waals surface area contributed by atoms with Crippen molar-refractivity contribution in [2.24, 2.45) is 23.1 Å². The van der Waals surface area contributed by atoms with E-state index in [9.17, 15) is 14.4 Å². The number of benzene rings is 1. The first kappa shape index (κ1) is 22.6. The fourth-order valence-corrected chi connectivity index (χ4v) is 2.02. The molecule has 0 unspecified atom stereocenters. The molecule has 27 heavy (non-hydrogen) atoms. The maximum Gasteiger partial charge on any atom is 0.332 e. The SMILES string of the molecule is CC(C)[C@H](N)C(=O)O[C@H](C)[C@H](N)C(=O)Oc1ccc(C[C@H](N)C(=O)O)cc1. The zero-order valence-corrected chi connectivity index (χ0v) is 15.6. The largest absolute Gasteiger partial charge is 0.480 e. The van der Waals surface area contributed by atoms with Crippen molar-refractivity contribution in [3.8, 4) is 5.75 Å². The summed E-state index contributed by atoms with van der Waals surface area (Å²) in [5.74, 6) is -2.40. The Labute approximate surface area is 157 Å². The van der Waals surface area contributed by atoms with Crippen molar-refractivity contribution < 1.29 is 29.0 Å². The predicted molar refractivity (Wildman–Crippen MR) is 97.7 cm³/mol. The van der Waals surface area contributed by atoms with E-state index >= 15 is 0 Å². The van der Waals surface area contributed by atoms with Gasteiger partial charge in [0.25, 0.3) is 0 Å². The molecule has 0 fully saturated rings. The van der Waals surface area contributed by atoms with Gasteiger partial charge in [0.1, 0.15) is 30.0 Å². The van der Waals surface area contributed by atoms with Crippen molar-refractivity contribution in [3.63, 3.8) is 0 Å². The van der Waals surface area contributed by atoms with Crippen molar-refractivity contribution in [2.45, 2.75) is 51.4 Å². The molecule has 0 saturated heterocycles. The van der Waals surface area contributed by atoms with Crippen LogP contribution in [0.25, 0.3) is 0 Å². The minimum atomic E-state index is -1.19. The number of rotatable bonds is 9. The Kier molecular flexibility index (Phi) is 8.35. The smallest absolute Gasteiger partial charge is 0.332 e. The van der Waals surface area contributed by atoms with Gasteiger partial charge in [-0.2, -0.15) is 0 Å². The highest BCUT2D eigenvalue weighted by Gasteiger charge is 2.29. The Morgan fingerprint density at radius 1 is 0.963 bits per heavy atom. The summed E-state index contributed by atoms with van der Waals surface area (Å²) in [6.07, 6.45) is -0.769. The summed E-state index contributed by atoms with van der Waals surface area (Å²) in [5, 5.41) is 8.80. The third-order valence-corrected chi connectivity index (χ3v) is 3.98. The molecule has 9 nitrogen and oxygen atoms in total. The van der Waals surface area contributed by atoms with Gasteiger partial charge in [-0.1, -0.05) is 26.0 Å². The van der Waals surface area contributed by atoms with Crippen LogP contribution in [0, 0.1) is 5.92 Å². The van der Waals surface area contributed by atoms with Crippen LogP contribution in [0.5, 0.6) is 5.75 Å². The van der Waals surface area contributed by atoms with Crippen LogP contribution >= 0.6 is 0 Å². The maximum atomic E-state index is 12.1. The summed E-state index contributed by atoms with van der Waals surface area (Å²) in [5.41, 5.74) is 17.6. The summed E-state index contributed by atoms with van der Waals surface area (Å²) < 4.78 is 10.3. The van der Waals surface area contributed by atoms with E-state index < -0.39 is 42.1 Å². The molecule has 0 amide bonds. The summed E-state index contributed by atoms with van der Waals surface area (Å²) in [7, 11) is 0. The average molecular weight is 381 g/mol. The summed E-state index contributed by atoms with van der Waals surface area (Å²) in [6.45, 7) is 5.03. The lowest BCUT2D eigenvalue weighted by Gasteiger charge is -2.22. The lowest BCUT2D eigenvalue weighted by atomic mass is 10.1. The monoisotopic (exact) mass is 381 g/mol. The Bertz CT molecular complexity index is 662. The van der Waals surface area contributed by atoms with Crippen LogP contribution in [0.3, 0.4) is 0 Å². The Morgan fingerprint density at radius 2 is 1.52 bits per heavy atom. The molecule has 0 radical (unpaired) electrons. The number of ether oxygens (including phenoxy) is 2. The fourth-order valence-electron chi connectivity index (χ4n) is 2.02. The van der Waals surface area contributed by atoms with Crippen LogP contribution in [0.2, 0.25) is 0 Å². The third-order valence-electron chi connectivity index (χ3n) is 3.98. The first-order chi connectivity index (χ1) is 12.5. The lowest BCUT2D eigenvalue weighted by Crippen LogP contribution is -2.47. The highest BCUT2D eigenvalue weighted by molar-refractivity contribution is 5.80. The number of carboxylic acids is 1. The van der Waals surface area contributed by atoms with E-state index in [1.165, 1.54) is 19.1 Å². The van der Waals surface area contributed by atoms with Gasteiger partial charge in [0, 0.05) is 0 Å². The van der Waals surface area contributed by atoms with E-state index in [2.05, 4.69) is 0 Å². The van der Waals surface area contributed by atoms with Gasteiger partial charge in [-0.05, 0) is 37.0 Å². The standard InChI is InChI=1S/C18H27N3O6/c1-9(2)14(20)17(24)26-10(3)15(21)18(25)27-12-6-4-11(5-7-12)8-13(19)16(22)23/h4-7,9-10,13-15H,8,19-21H2,1-3H3,(H,22,23)/t10-,13+,14+,15+/m1/s1. The molecule has 0 saturated carbocycles. The van der Waals surface area contributed by atoms with Crippen LogP contribution < -0.4 is 21.9 Å². The molecule has 4 atom stereocenters. The number of nitrogens with two attached hydrogens (primary N) is 3. The van der Waals surface area contributed by atoms with Gasteiger partial charge < -0.3 is 31.8 Å². The molecule has 1 rings (SSSR count). The number of aliphatic carboxylic acids is 1. The first-order valence-electron chi connectivity index (χ1n) is 8.53. The highest BCUT2D eigenvalue weighted by atomic mass is 16.6. The van der Waals surface area contributed by atoms with Crippen LogP contribution in [0.1, 0.15) is 26.3 Å². The van der Waals surface area contributed by atoms with E-state index in [1.807, 2.05) is 0 Å². The van der Waals surface area contributed by atoms with Gasteiger partial charge in [0.2, 0.25) is 0 Å². The molecule has 0 spiro atoms. The summed E-state index contributed by atoms with van der Waals surface area (Å²) in [4.78, 5) is 34.7. The number of carbonyl (C=O) groups is 3. The normalized spacial score (nSPS) is 15.5. The number of hydrogen-bond acceptors (Lipinski definition) is 8. The molecule has 0 aliphatic rings. The van der Waals surface area contributed by atoms with Gasteiger partial charge in [-0.3, -0.25) is 9.59 Å². The molecule has 0 aliphatic heterocycles. The molecule has 7 N–H and O–H groups in total. The van der Waals surface area contributed by atoms with Crippen molar-refractivity contribution >= 4 is 17.9 Å². The van der Waals surface area contributed by atoms with E-state index in [-0.39, 0.29) is 18.1 Å². The first-order valence-corrected chi connectivity index (χ1v) is 8.53. The van der Waals surface area contributed by atoms with E-state index in [1.54, 1.807) is 26.0 Å². The fraction of sp³-hybridized carbons (Fsp3) is 0.500. The number of carboxylic acid groups (broad SMARTS) is 1. The molecule has 0 aromatic heterocycles. The average Bonchev–Trinajstić information content (AvgIpc) is 2.61. The second-order valence-electron chi connectivity index (χ2n) is 6.65. The van der Waals surface area contributed by atoms with Crippen LogP contribution in [-0.4, -0.2) is 47.2 Å². The summed E-state index contributed by atoms with van der Waals surface area (Å²) in [6, 6.07) is 3.19. The number of carbonyl (C=O) groups excluding carboxylic acids is 2. The summed E-state index contributed by atoms with van der Waals surface area (Å²) >= 11 is 0. The molecule has 1 aromatic carbocycles. The minimum absolute atomic E-state index is 0.111. The zero-order chi connectivity index (χ0) is 20.7. The molecule has 1 aromatic rings. The molecule has 0 bridgehead atoms. The Hall–Kier alpha value is -2.49. The predicted octanol–water partition coefficient (Wildman–Crippen LogP) is -0.211. The molecule has 0 aliphatic carbocycles. The van der Waals surface area contributed by atoms with Crippen molar-refractivity contribution in [3.05, 3.63) is 29.8 Å². The van der Waals surface area contributed by atoms with Crippen LogP contribution in [-0.2, 0) is 25.5 Å². The third kappa shape index (κ3) is 6.97. The second-order valence-corrected chi connectivity index (χ2v) is 6.65.